The average molecular weight is 971 g/mol. The highest BCUT2D eigenvalue weighted by Gasteiger charge is 2.36. The summed E-state index contributed by atoms with van der Waals surface area (Å²) in [6.07, 6.45) is -7.46. The molecule has 0 radical (unpaired) electrons. The van der Waals surface area contributed by atoms with E-state index >= 15 is 0 Å². The van der Waals surface area contributed by atoms with Gasteiger partial charge in [-0.05, 0) is 107 Å². The van der Waals surface area contributed by atoms with Gasteiger partial charge in [-0.25, -0.2) is 9.97 Å². The molecule has 0 bridgehead atoms. The zero-order chi connectivity index (χ0) is 50.1. The monoisotopic (exact) mass is 970 g/mol. The Morgan fingerprint density at radius 1 is 0.647 bits per heavy atom. The number of halogens is 6. The van der Waals surface area contributed by atoms with Gasteiger partial charge in [0, 0.05) is 32.0 Å². The van der Waals surface area contributed by atoms with Gasteiger partial charge < -0.3 is 33.2 Å². The van der Waals surface area contributed by atoms with E-state index in [4.69, 9.17) is 23.7 Å². The van der Waals surface area contributed by atoms with Crippen LogP contribution in [0.2, 0.25) is 25.7 Å². The van der Waals surface area contributed by atoms with E-state index in [1.54, 1.807) is 94.4 Å². The maximum atomic E-state index is 13.4. The first-order chi connectivity index (χ1) is 31.8. The number of imidazole rings is 2. The first-order valence-corrected chi connectivity index (χ1v) is 24.7. The summed E-state index contributed by atoms with van der Waals surface area (Å²) in [5.41, 5.74) is -0.631. The third-order valence-corrected chi connectivity index (χ3v) is 11.7. The summed E-state index contributed by atoms with van der Waals surface area (Å²) in [6, 6.07) is 21.3. The number of nitrogens with zero attached hydrogens (tertiary/aromatic N) is 7. The fraction of sp³-hybridized carbons (Fsp3) is 0.391. The minimum atomic E-state index is -4.60. The van der Waals surface area contributed by atoms with Crippen molar-refractivity contribution in [3.8, 4) is 57.1 Å². The van der Waals surface area contributed by atoms with Crippen molar-refractivity contribution in [2.45, 2.75) is 72.5 Å². The number of aromatic amines is 1. The Hall–Kier alpha value is -6.68. The van der Waals surface area contributed by atoms with E-state index in [0.717, 1.165) is 23.4 Å². The van der Waals surface area contributed by atoms with Gasteiger partial charge in [0.15, 0.2) is 17.3 Å². The fourth-order valence-electron chi connectivity index (χ4n) is 5.85. The van der Waals surface area contributed by atoms with Gasteiger partial charge in [0.2, 0.25) is 0 Å². The molecular weight excluding hydrogens is 919 g/mol. The molecule has 0 saturated carbocycles. The molecule has 68 heavy (non-hydrogen) atoms. The molecule has 0 aliphatic carbocycles. The number of nitrogens with one attached hydrogen (secondary N) is 1. The summed E-state index contributed by atoms with van der Waals surface area (Å²) in [5, 5.41) is 16.3. The third kappa shape index (κ3) is 14.4. The summed E-state index contributed by atoms with van der Waals surface area (Å²) in [4.78, 5) is 33.2. The molecule has 4 heterocycles. The summed E-state index contributed by atoms with van der Waals surface area (Å²) < 4.78 is 106. The Morgan fingerprint density at radius 2 is 1.10 bits per heavy atom. The number of methoxy groups -OCH3 is 2. The number of hydrogen-bond donors (Lipinski definition) is 1. The topological polar surface area (TPSA) is 178 Å². The summed E-state index contributed by atoms with van der Waals surface area (Å²) >= 11 is 0. The number of H-pyrrole nitrogens is 1. The molecular formula is C46H52F6N8O7Si. The number of ether oxygens (including phenoxy) is 5. The van der Waals surface area contributed by atoms with Gasteiger partial charge in [0.1, 0.15) is 48.5 Å². The molecule has 0 aliphatic heterocycles. The van der Waals surface area contributed by atoms with E-state index in [-0.39, 0.29) is 54.9 Å². The normalized spacial score (nSPS) is 12.2. The largest absolute Gasteiger partial charge is 0.492 e. The lowest BCUT2D eigenvalue weighted by molar-refractivity contribution is -0.153. The predicted molar refractivity (Wildman–Crippen MR) is 240 cm³/mol. The lowest BCUT2D eigenvalue weighted by Crippen LogP contribution is -2.32. The van der Waals surface area contributed by atoms with Gasteiger partial charge in [-0.15, -0.1) is 20.4 Å². The highest BCUT2D eigenvalue weighted by atomic mass is 28.3. The van der Waals surface area contributed by atoms with Crippen LogP contribution in [0.15, 0.2) is 85.2 Å². The molecule has 6 aromatic rings. The molecule has 0 fully saturated rings. The van der Waals surface area contributed by atoms with Crippen LogP contribution in [0.5, 0.6) is 11.5 Å². The average Bonchev–Trinajstić information content (AvgIpc) is 3.99. The molecule has 0 amide bonds. The zero-order valence-corrected chi connectivity index (χ0v) is 39.9. The number of alkyl halides is 6. The van der Waals surface area contributed by atoms with E-state index < -0.39 is 42.6 Å². The van der Waals surface area contributed by atoms with E-state index in [1.165, 1.54) is 24.9 Å². The second-order valence-corrected chi connectivity index (χ2v) is 23.5. The van der Waals surface area contributed by atoms with Crippen molar-refractivity contribution in [2.75, 3.05) is 34.0 Å². The van der Waals surface area contributed by atoms with Gasteiger partial charge in [-0.1, -0.05) is 19.6 Å². The van der Waals surface area contributed by atoms with E-state index in [0.29, 0.717) is 35.7 Å². The van der Waals surface area contributed by atoms with Crippen molar-refractivity contribution in [1.82, 2.24) is 39.9 Å². The van der Waals surface area contributed by atoms with Gasteiger partial charge in [-0.2, -0.15) is 26.3 Å². The number of hydrogen-bond acceptors (Lipinski definition) is 13. The zero-order valence-electron chi connectivity index (χ0n) is 38.9. The fourth-order valence-corrected chi connectivity index (χ4v) is 6.61. The van der Waals surface area contributed by atoms with Crippen LogP contribution in [0, 0.1) is 10.8 Å². The van der Waals surface area contributed by atoms with Gasteiger partial charge >= 0.3 is 24.3 Å². The molecule has 364 valence electrons. The van der Waals surface area contributed by atoms with E-state index in [9.17, 15) is 35.9 Å². The van der Waals surface area contributed by atoms with Crippen LogP contribution in [-0.4, -0.2) is 94.0 Å². The summed E-state index contributed by atoms with van der Waals surface area (Å²) in [6.45, 7) is 14.2. The molecule has 2 aromatic carbocycles. The molecule has 0 spiro atoms. The van der Waals surface area contributed by atoms with Crippen LogP contribution in [0.4, 0.5) is 26.3 Å². The minimum Gasteiger partial charge on any atom is -0.492 e. The lowest BCUT2D eigenvalue weighted by Gasteiger charge is -2.21. The Balaban J connectivity index is 0.000000261. The van der Waals surface area contributed by atoms with Gasteiger partial charge in [-0.3, -0.25) is 9.59 Å². The number of carbonyl (C=O) groups excluding carboxylic acids is 2. The second kappa shape index (κ2) is 21.5. The summed E-state index contributed by atoms with van der Waals surface area (Å²) in [7, 11) is 1.32. The van der Waals surface area contributed by atoms with E-state index in [2.05, 4.69) is 55.0 Å². The molecule has 22 heteroatoms. The Bertz CT molecular complexity index is 2590. The maximum absolute atomic E-state index is 13.4. The van der Waals surface area contributed by atoms with Gasteiger partial charge in [0.25, 0.3) is 0 Å². The van der Waals surface area contributed by atoms with Crippen LogP contribution < -0.4 is 9.47 Å². The van der Waals surface area contributed by atoms with Crippen LogP contribution in [0.3, 0.4) is 0 Å². The number of esters is 2. The SMILES string of the molecule is COC(=O)C(C)(C)COc1ccc(-c2ccc(-c3nc(C(F)(F)F)cn3COCC[Si](C)(C)C)nn2)cc1.COC(=O)C(C)(C)COc1ccc(-c2ccc(-c3ncc(C(F)(F)F)[nH]3)nn2)cc1. The van der Waals surface area contributed by atoms with Crippen LogP contribution in [0.1, 0.15) is 39.1 Å². The van der Waals surface area contributed by atoms with Crippen molar-refractivity contribution >= 4 is 20.0 Å². The molecule has 0 saturated heterocycles. The second-order valence-electron chi connectivity index (χ2n) is 17.9. The Kier molecular flexibility index (Phi) is 16.5. The predicted octanol–water partition coefficient (Wildman–Crippen LogP) is 10.0. The molecule has 4 aromatic heterocycles. The molecule has 15 nitrogen and oxygen atoms in total. The highest BCUT2D eigenvalue weighted by Crippen LogP contribution is 2.32. The molecule has 0 unspecified atom stereocenters. The number of benzene rings is 2. The first kappa shape index (κ1) is 52.3. The quantitative estimate of drug-likeness (QED) is 0.0396. The number of aromatic nitrogens is 8. The molecule has 6 rings (SSSR count). The third-order valence-electron chi connectivity index (χ3n) is 9.95. The molecule has 1 N–H and O–H groups in total. The first-order valence-electron chi connectivity index (χ1n) is 21.0. The van der Waals surface area contributed by atoms with Crippen molar-refractivity contribution in [2.24, 2.45) is 10.8 Å². The summed E-state index contributed by atoms with van der Waals surface area (Å²) in [5.74, 6) is 0.403. The van der Waals surface area contributed by atoms with Crippen LogP contribution in [-0.2, 0) is 42.9 Å². The molecule has 0 atom stereocenters. The maximum Gasteiger partial charge on any atom is 0.434 e. The van der Waals surface area contributed by atoms with Crippen molar-refractivity contribution in [3.63, 3.8) is 0 Å². The van der Waals surface area contributed by atoms with Crippen molar-refractivity contribution in [3.05, 3.63) is 96.6 Å². The minimum absolute atomic E-state index is 0.0154. The van der Waals surface area contributed by atoms with Crippen molar-refractivity contribution < 1.29 is 59.6 Å². The smallest absolute Gasteiger partial charge is 0.434 e. The number of carbonyl (C=O) groups is 2. The standard InChI is InChI=1S/C26H33F3N4O4Si.C20H19F3N4O3/c1-25(2,24(34)35-3)16-37-19-9-7-18(8-10-19)20-11-12-21(32-31-20)23-30-22(26(27,28)29)15-33(23)17-36-13-14-38(4,5)6;1-19(2,18(28)29-3)11-30-13-6-4-12(5-7-13)14-8-9-15(27-26-14)17-24-10-16(25-17)20(21,22)23/h7-12,15H,13-14,16-17H2,1-6H3;4-10H,11H2,1-3H3,(H,24,25). The lowest BCUT2D eigenvalue weighted by atomic mass is 9.95. The Labute approximate surface area is 389 Å². The van der Waals surface area contributed by atoms with Gasteiger partial charge in [0.05, 0.1) is 42.6 Å². The van der Waals surface area contributed by atoms with Crippen LogP contribution in [0.25, 0.3) is 45.6 Å². The molecule has 0 aliphatic rings. The van der Waals surface area contributed by atoms with Crippen LogP contribution >= 0.6 is 0 Å². The van der Waals surface area contributed by atoms with Crippen molar-refractivity contribution in [1.29, 1.82) is 0 Å². The highest BCUT2D eigenvalue weighted by molar-refractivity contribution is 6.76. The number of rotatable bonds is 17. The Morgan fingerprint density at radius 3 is 1.50 bits per heavy atom. The van der Waals surface area contributed by atoms with E-state index in [1.807, 2.05) is 0 Å².